The Hall–Kier alpha value is -1.24. The lowest BCUT2D eigenvalue weighted by atomic mass is 9.99. The monoisotopic (exact) mass is 321 g/mol. The first-order valence-electron chi connectivity index (χ1n) is 7.21. The number of piperidine rings is 1. The molecule has 1 N–H and O–H groups in total. The van der Waals surface area contributed by atoms with Gasteiger partial charge in [-0.15, -0.1) is 11.3 Å². The van der Waals surface area contributed by atoms with Crippen LogP contribution in [-0.2, 0) is 6.54 Å². The zero-order valence-electron chi connectivity index (χ0n) is 12.0. The van der Waals surface area contributed by atoms with E-state index < -0.39 is 0 Å². The van der Waals surface area contributed by atoms with Crippen molar-refractivity contribution in [2.75, 3.05) is 18.4 Å². The molecule has 112 valence electrons. The maximum absolute atomic E-state index is 12.0. The van der Waals surface area contributed by atoms with Gasteiger partial charge in [-0.25, -0.2) is 4.98 Å². The number of amides is 1. The van der Waals surface area contributed by atoms with Crippen molar-refractivity contribution in [3.05, 3.63) is 33.5 Å². The molecule has 0 bridgehead atoms. The Balaban J connectivity index is 1.55. The number of aromatic nitrogens is 1. The topological polar surface area (TPSA) is 45.2 Å². The van der Waals surface area contributed by atoms with Crippen LogP contribution in [0.2, 0.25) is 0 Å². The summed E-state index contributed by atoms with van der Waals surface area (Å²) in [6.07, 6.45) is 2.54. The van der Waals surface area contributed by atoms with Gasteiger partial charge in [-0.05, 0) is 43.3 Å². The fourth-order valence-electron chi connectivity index (χ4n) is 2.45. The average Bonchev–Trinajstić information content (AvgIpc) is 3.13. The van der Waals surface area contributed by atoms with Crippen molar-refractivity contribution < 1.29 is 4.79 Å². The van der Waals surface area contributed by atoms with E-state index in [-0.39, 0.29) is 5.91 Å². The van der Waals surface area contributed by atoms with Gasteiger partial charge in [-0.3, -0.25) is 15.0 Å². The van der Waals surface area contributed by atoms with Crippen molar-refractivity contribution in [2.24, 2.45) is 5.92 Å². The quantitative estimate of drug-likeness (QED) is 0.934. The molecule has 6 heteroatoms. The number of thiazole rings is 1. The van der Waals surface area contributed by atoms with E-state index in [1.807, 2.05) is 22.2 Å². The Morgan fingerprint density at radius 3 is 2.95 bits per heavy atom. The van der Waals surface area contributed by atoms with Crippen molar-refractivity contribution in [3.63, 3.8) is 0 Å². The Morgan fingerprint density at radius 2 is 2.24 bits per heavy atom. The molecule has 1 aliphatic heterocycles. The number of nitrogens with zero attached hydrogens (tertiary/aromatic N) is 2. The van der Waals surface area contributed by atoms with Crippen molar-refractivity contribution in [3.8, 4) is 0 Å². The maximum Gasteiger partial charge on any atom is 0.258 e. The molecule has 0 aliphatic carbocycles. The molecule has 2 aromatic heterocycles. The van der Waals surface area contributed by atoms with Crippen molar-refractivity contribution in [2.45, 2.75) is 26.3 Å². The molecule has 1 saturated heterocycles. The first kappa shape index (κ1) is 14.7. The Kier molecular flexibility index (Phi) is 4.67. The second-order valence-electron chi connectivity index (χ2n) is 5.57. The zero-order valence-corrected chi connectivity index (χ0v) is 13.7. The Morgan fingerprint density at radius 1 is 1.43 bits per heavy atom. The van der Waals surface area contributed by atoms with Gasteiger partial charge in [0.05, 0.1) is 11.3 Å². The number of carbonyl (C=O) groups excluding carboxylic acids is 1. The van der Waals surface area contributed by atoms with E-state index >= 15 is 0 Å². The summed E-state index contributed by atoms with van der Waals surface area (Å²) in [6.45, 7) is 5.50. The fraction of sp³-hybridized carbons (Fsp3) is 0.467. The van der Waals surface area contributed by atoms with Crippen LogP contribution in [0.3, 0.4) is 0 Å². The van der Waals surface area contributed by atoms with E-state index in [1.165, 1.54) is 35.5 Å². The maximum atomic E-state index is 12.0. The van der Waals surface area contributed by atoms with Gasteiger partial charge >= 0.3 is 0 Å². The average molecular weight is 321 g/mol. The predicted octanol–water partition coefficient (Wildman–Crippen LogP) is 3.69. The lowest BCUT2D eigenvalue weighted by Crippen LogP contribution is -2.32. The number of anilines is 1. The molecule has 0 aromatic carbocycles. The molecule has 0 saturated carbocycles. The van der Waals surface area contributed by atoms with Crippen LogP contribution in [0, 0.1) is 5.92 Å². The molecule has 2 aromatic rings. The zero-order chi connectivity index (χ0) is 14.7. The highest BCUT2D eigenvalue weighted by Gasteiger charge is 2.17. The van der Waals surface area contributed by atoms with E-state index in [0.29, 0.717) is 10.7 Å². The molecule has 0 unspecified atom stereocenters. The normalized spacial score (nSPS) is 17.0. The van der Waals surface area contributed by atoms with Crippen LogP contribution in [0.5, 0.6) is 0 Å². The summed E-state index contributed by atoms with van der Waals surface area (Å²) in [5, 5.41) is 9.34. The number of likely N-dealkylation sites (tertiary alicyclic amines) is 1. The van der Waals surface area contributed by atoms with E-state index in [4.69, 9.17) is 0 Å². The second kappa shape index (κ2) is 6.68. The summed E-state index contributed by atoms with van der Waals surface area (Å²) in [5.74, 6) is 0.765. The molecule has 0 spiro atoms. The summed E-state index contributed by atoms with van der Waals surface area (Å²) in [5.41, 5.74) is 1.75. The number of rotatable bonds is 4. The van der Waals surface area contributed by atoms with Crippen LogP contribution in [0.15, 0.2) is 22.2 Å². The molecular weight excluding hydrogens is 302 g/mol. The van der Waals surface area contributed by atoms with Crippen LogP contribution in [0.1, 0.15) is 35.8 Å². The molecular formula is C15H19N3OS2. The highest BCUT2D eigenvalue weighted by Crippen LogP contribution is 2.21. The standard InChI is InChI=1S/C15H19N3OS2/c1-11-2-5-18(6-3-11)8-13-10-21-15(16-13)17-14(19)12-4-7-20-9-12/h4,7,9-11H,2-3,5-6,8H2,1H3,(H,16,17,19). The van der Waals surface area contributed by atoms with Crippen molar-refractivity contribution in [1.29, 1.82) is 0 Å². The van der Waals surface area contributed by atoms with E-state index in [1.54, 1.807) is 0 Å². The van der Waals surface area contributed by atoms with E-state index in [9.17, 15) is 4.79 Å². The van der Waals surface area contributed by atoms with Crippen LogP contribution in [0.25, 0.3) is 0 Å². The third-order valence-corrected chi connectivity index (χ3v) is 5.31. The molecule has 21 heavy (non-hydrogen) atoms. The van der Waals surface area contributed by atoms with Crippen LogP contribution >= 0.6 is 22.7 Å². The van der Waals surface area contributed by atoms with Gasteiger partial charge in [-0.1, -0.05) is 6.92 Å². The largest absolute Gasteiger partial charge is 0.298 e. The third-order valence-electron chi connectivity index (χ3n) is 3.82. The van der Waals surface area contributed by atoms with Gasteiger partial charge in [-0.2, -0.15) is 11.3 Å². The van der Waals surface area contributed by atoms with Crippen LogP contribution in [-0.4, -0.2) is 28.9 Å². The second-order valence-corrected chi connectivity index (χ2v) is 7.21. The predicted molar refractivity (Wildman–Crippen MR) is 88.1 cm³/mol. The highest BCUT2D eigenvalue weighted by atomic mass is 32.1. The summed E-state index contributed by atoms with van der Waals surface area (Å²) < 4.78 is 0. The van der Waals surface area contributed by atoms with Crippen molar-refractivity contribution >= 4 is 33.7 Å². The minimum absolute atomic E-state index is 0.0797. The molecule has 0 atom stereocenters. The molecule has 0 radical (unpaired) electrons. The first-order chi connectivity index (χ1) is 10.2. The first-order valence-corrected chi connectivity index (χ1v) is 9.03. The molecule has 1 fully saturated rings. The molecule has 1 aliphatic rings. The minimum Gasteiger partial charge on any atom is -0.298 e. The molecule has 3 rings (SSSR count). The lowest BCUT2D eigenvalue weighted by Gasteiger charge is -2.29. The number of nitrogens with one attached hydrogen (secondary N) is 1. The van der Waals surface area contributed by atoms with Gasteiger partial charge in [0.1, 0.15) is 0 Å². The number of carbonyl (C=O) groups is 1. The fourth-order valence-corrected chi connectivity index (χ4v) is 3.78. The molecule has 4 nitrogen and oxygen atoms in total. The summed E-state index contributed by atoms with van der Waals surface area (Å²) in [7, 11) is 0. The number of hydrogen-bond donors (Lipinski definition) is 1. The Bertz CT molecular complexity index is 586. The van der Waals surface area contributed by atoms with Crippen LogP contribution in [0.4, 0.5) is 5.13 Å². The lowest BCUT2D eigenvalue weighted by molar-refractivity contribution is 0.102. The smallest absolute Gasteiger partial charge is 0.258 e. The van der Waals surface area contributed by atoms with Crippen LogP contribution < -0.4 is 5.32 Å². The van der Waals surface area contributed by atoms with E-state index in [2.05, 4.69) is 22.1 Å². The third kappa shape index (κ3) is 3.90. The minimum atomic E-state index is -0.0797. The number of hydrogen-bond acceptors (Lipinski definition) is 5. The molecule has 1 amide bonds. The highest BCUT2D eigenvalue weighted by molar-refractivity contribution is 7.14. The van der Waals surface area contributed by atoms with Gasteiger partial charge in [0.2, 0.25) is 0 Å². The van der Waals surface area contributed by atoms with Gasteiger partial charge in [0.25, 0.3) is 5.91 Å². The summed E-state index contributed by atoms with van der Waals surface area (Å²) >= 11 is 3.02. The van der Waals surface area contributed by atoms with Gasteiger partial charge < -0.3 is 0 Å². The SMILES string of the molecule is CC1CCN(Cc2csc(NC(=O)c3ccsc3)n2)CC1. The summed E-state index contributed by atoms with van der Waals surface area (Å²) in [6, 6.07) is 1.82. The van der Waals surface area contributed by atoms with E-state index in [0.717, 1.165) is 31.2 Å². The number of thiophene rings is 1. The molecule has 3 heterocycles. The summed E-state index contributed by atoms with van der Waals surface area (Å²) in [4.78, 5) is 18.9. The van der Waals surface area contributed by atoms with Gasteiger partial charge in [0, 0.05) is 17.3 Å². The Labute approximate surface area is 132 Å². The van der Waals surface area contributed by atoms with Crippen molar-refractivity contribution in [1.82, 2.24) is 9.88 Å². The van der Waals surface area contributed by atoms with Gasteiger partial charge in [0.15, 0.2) is 5.13 Å².